The highest BCUT2D eigenvalue weighted by molar-refractivity contribution is 5.85. The summed E-state index contributed by atoms with van der Waals surface area (Å²) >= 11 is 0. The van der Waals surface area contributed by atoms with Crippen molar-refractivity contribution in [2.75, 3.05) is 26.2 Å². The van der Waals surface area contributed by atoms with Crippen LogP contribution in [0.5, 0.6) is 0 Å². The van der Waals surface area contributed by atoms with Gasteiger partial charge in [-0.2, -0.15) is 5.26 Å². The van der Waals surface area contributed by atoms with Crippen LogP contribution in [-0.4, -0.2) is 37.1 Å². The number of likely N-dealkylation sites (tertiary alicyclic amines) is 1. The Morgan fingerprint density at radius 1 is 1.07 bits per heavy atom. The summed E-state index contributed by atoms with van der Waals surface area (Å²) in [6, 6.07) is 3.18. The largest absolute Gasteiger partial charge is 0.317 e. The lowest BCUT2D eigenvalue weighted by molar-refractivity contribution is 0.123. The molecule has 15 heavy (non-hydrogen) atoms. The maximum absolute atomic E-state index is 8.81. The molecular weight excluding hydrogens is 210 g/mol. The number of hydrogen-bond acceptors (Lipinski definition) is 3. The maximum Gasteiger partial charge on any atom is 0.0656 e. The second kappa shape index (κ2) is 6.32. The number of nitrogens with one attached hydrogen (secondary N) is 1. The molecule has 2 rings (SSSR count). The molecule has 2 fully saturated rings. The molecule has 0 aliphatic carbocycles. The van der Waals surface area contributed by atoms with E-state index < -0.39 is 0 Å². The molecule has 86 valence electrons. The summed E-state index contributed by atoms with van der Waals surface area (Å²) in [5.41, 5.74) is 0. The molecular formula is C11H20ClN3. The molecule has 0 aromatic rings. The van der Waals surface area contributed by atoms with Crippen molar-refractivity contribution in [3.05, 3.63) is 0 Å². The Hall–Kier alpha value is -0.300. The average molecular weight is 230 g/mol. The molecule has 0 amide bonds. The number of nitriles is 1. The summed E-state index contributed by atoms with van der Waals surface area (Å²) in [4.78, 5) is 2.59. The third-order valence-electron chi connectivity index (χ3n) is 3.54. The van der Waals surface area contributed by atoms with Crippen LogP contribution in [0, 0.1) is 17.2 Å². The Labute approximate surface area is 98.2 Å². The second-order valence-corrected chi connectivity index (χ2v) is 4.42. The molecule has 0 saturated carbocycles. The molecule has 2 aliphatic heterocycles. The van der Waals surface area contributed by atoms with Gasteiger partial charge in [0.1, 0.15) is 0 Å². The first-order valence-electron chi connectivity index (χ1n) is 5.74. The molecule has 1 N–H and O–H groups in total. The summed E-state index contributed by atoms with van der Waals surface area (Å²) in [5.74, 6) is 0.327. The molecule has 0 aromatic heterocycles. The molecule has 2 heterocycles. The fraction of sp³-hybridized carbons (Fsp3) is 0.909. The van der Waals surface area contributed by atoms with Crippen LogP contribution in [-0.2, 0) is 0 Å². The summed E-state index contributed by atoms with van der Waals surface area (Å²) in [6.07, 6.45) is 4.75. The van der Waals surface area contributed by atoms with Gasteiger partial charge in [-0.25, -0.2) is 0 Å². The van der Waals surface area contributed by atoms with Crippen molar-refractivity contribution in [3.8, 4) is 6.07 Å². The van der Waals surface area contributed by atoms with Crippen molar-refractivity contribution in [2.24, 2.45) is 5.92 Å². The van der Waals surface area contributed by atoms with E-state index in [2.05, 4.69) is 16.3 Å². The zero-order valence-corrected chi connectivity index (χ0v) is 9.93. The molecule has 2 saturated heterocycles. The van der Waals surface area contributed by atoms with E-state index in [4.69, 9.17) is 5.26 Å². The fourth-order valence-electron chi connectivity index (χ4n) is 2.57. The normalized spacial score (nSPS) is 25.5. The summed E-state index contributed by atoms with van der Waals surface area (Å²) in [7, 11) is 0. The number of piperidine rings is 2. The van der Waals surface area contributed by atoms with E-state index >= 15 is 0 Å². The molecule has 3 nitrogen and oxygen atoms in total. The number of halogens is 1. The summed E-state index contributed by atoms with van der Waals surface area (Å²) in [5, 5.41) is 12.2. The highest BCUT2D eigenvalue weighted by atomic mass is 35.5. The van der Waals surface area contributed by atoms with Crippen molar-refractivity contribution >= 4 is 12.4 Å². The number of hydrogen-bond donors (Lipinski definition) is 1. The van der Waals surface area contributed by atoms with Crippen LogP contribution in [0.15, 0.2) is 0 Å². The molecule has 0 atom stereocenters. The van der Waals surface area contributed by atoms with E-state index in [0.717, 1.165) is 32.0 Å². The topological polar surface area (TPSA) is 39.1 Å². The second-order valence-electron chi connectivity index (χ2n) is 4.42. The van der Waals surface area contributed by atoms with Gasteiger partial charge in [0.05, 0.1) is 6.07 Å². The van der Waals surface area contributed by atoms with Gasteiger partial charge >= 0.3 is 0 Å². The lowest BCUT2D eigenvalue weighted by Crippen LogP contribution is -2.46. The molecule has 0 unspecified atom stereocenters. The summed E-state index contributed by atoms with van der Waals surface area (Å²) < 4.78 is 0. The van der Waals surface area contributed by atoms with Gasteiger partial charge in [-0.3, -0.25) is 0 Å². The van der Waals surface area contributed by atoms with E-state index in [1.807, 2.05) is 0 Å². The van der Waals surface area contributed by atoms with Gasteiger partial charge < -0.3 is 10.2 Å². The Kier molecular flexibility index (Phi) is 5.38. The van der Waals surface area contributed by atoms with Gasteiger partial charge in [-0.05, 0) is 51.9 Å². The average Bonchev–Trinajstić information content (AvgIpc) is 2.30. The van der Waals surface area contributed by atoms with Gasteiger partial charge in [0.2, 0.25) is 0 Å². The third-order valence-corrected chi connectivity index (χ3v) is 3.54. The minimum Gasteiger partial charge on any atom is -0.317 e. The van der Waals surface area contributed by atoms with Crippen LogP contribution in [0.1, 0.15) is 25.7 Å². The molecule has 0 aromatic carbocycles. The molecule has 0 spiro atoms. The van der Waals surface area contributed by atoms with Gasteiger partial charge in [0, 0.05) is 12.0 Å². The monoisotopic (exact) mass is 229 g/mol. The Bertz CT molecular complexity index is 212. The standard InChI is InChI=1S/C11H19N3.ClH/c12-9-10-3-7-14(8-4-10)11-1-5-13-6-2-11;/h10-11,13H,1-8H2;1H. The zero-order valence-electron chi connectivity index (χ0n) is 9.11. The van der Waals surface area contributed by atoms with Crippen molar-refractivity contribution in [2.45, 2.75) is 31.7 Å². The fourth-order valence-corrected chi connectivity index (χ4v) is 2.57. The summed E-state index contributed by atoms with van der Waals surface area (Å²) in [6.45, 7) is 4.62. The Morgan fingerprint density at radius 2 is 1.67 bits per heavy atom. The van der Waals surface area contributed by atoms with Gasteiger partial charge in [-0.1, -0.05) is 0 Å². The number of nitrogens with zero attached hydrogens (tertiary/aromatic N) is 2. The molecule has 0 bridgehead atoms. The first-order valence-corrected chi connectivity index (χ1v) is 5.74. The van der Waals surface area contributed by atoms with E-state index in [1.165, 1.54) is 25.9 Å². The van der Waals surface area contributed by atoms with Crippen LogP contribution in [0.4, 0.5) is 0 Å². The lowest BCUT2D eigenvalue weighted by atomic mass is 9.95. The SMILES string of the molecule is Cl.N#CC1CCN(C2CCNCC2)CC1. The highest BCUT2D eigenvalue weighted by Crippen LogP contribution is 2.21. The van der Waals surface area contributed by atoms with E-state index in [9.17, 15) is 0 Å². The van der Waals surface area contributed by atoms with Gasteiger partial charge in [0.25, 0.3) is 0 Å². The van der Waals surface area contributed by atoms with Crippen LogP contribution < -0.4 is 5.32 Å². The molecule has 0 radical (unpaired) electrons. The van der Waals surface area contributed by atoms with Crippen molar-refractivity contribution in [1.82, 2.24) is 10.2 Å². The third kappa shape index (κ3) is 3.34. The quantitative estimate of drug-likeness (QED) is 0.739. The zero-order chi connectivity index (χ0) is 9.80. The minimum absolute atomic E-state index is 0. The Balaban J connectivity index is 0.00000112. The first kappa shape index (κ1) is 12.8. The number of rotatable bonds is 1. The van der Waals surface area contributed by atoms with Crippen LogP contribution in [0.25, 0.3) is 0 Å². The van der Waals surface area contributed by atoms with Crippen molar-refractivity contribution in [1.29, 1.82) is 5.26 Å². The lowest BCUT2D eigenvalue weighted by Gasteiger charge is -2.38. The van der Waals surface area contributed by atoms with E-state index in [-0.39, 0.29) is 12.4 Å². The minimum atomic E-state index is 0. The van der Waals surface area contributed by atoms with Crippen molar-refractivity contribution < 1.29 is 0 Å². The highest BCUT2D eigenvalue weighted by Gasteiger charge is 2.25. The molecule has 2 aliphatic rings. The van der Waals surface area contributed by atoms with Gasteiger partial charge in [-0.15, -0.1) is 12.4 Å². The smallest absolute Gasteiger partial charge is 0.0656 e. The van der Waals surface area contributed by atoms with E-state index in [1.54, 1.807) is 0 Å². The predicted molar refractivity (Wildman–Crippen MR) is 63.0 cm³/mol. The van der Waals surface area contributed by atoms with Gasteiger partial charge in [0.15, 0.2) is 0 Å². The Morgan fingerprint density at radius 3 is 2.20 bits per heavy atom. The van der Waals surface area contributed by atoms with E-state index in [0.29, 0.717) is 5.92 Å². The van der Waals surface area contributed by atoms with Crippen LogP contribution >= 0.6 is 12.4 Å². The predicted octanol–water partition coefficient (Wildman–Crippen LogP) is 1.40. The van der Waals surface area contributed by atoms with Crippen LogP contribution in [0.3, 0.4) is 0 Å². The molecule has 4 heteroatoms. The first-order chi connectivity index (χ1) is 6.90. The maximum atomic E-state index is 8.81. The van der Waals surface area contributed by atoms with Crippen LogP contribution in [0.2, 0.25) is 0 Å². The van der Waals surface area contributed by atoms with Crippen molar-refractivity contribution in [3.63, 3.8) is 0 Å².